The van der Waals surface area contributed by atoms with Gasteiger partial charge in [0.2, 0.25) is 21.8 Å². The summed E-state index contributed by atoms with van der Waals surface area (Å²) in [4.78, 5) is 31.8. The van der Waals surface area contributed by atoms with Crippen molar-refractivity contribution < 1.29 is 22.4 Å². The van der Waals surface area contributed by atoms with Crippen LogP contribution in [0, 0.1) is 11.7 Å². The highest BCUT2D eigenvalue weighted by Gasteiger charge is 2.39. The molecule has 2 aromatic rings. The third-order valence-electron chi connectivity index (χ3n) is 6.30. The fourth-order valence-electron chi connectivity index (χ4n) is 4.54. The van der Waals surface area contributed by atoms with Gasteiger partial charge in [0.1, 0.15) is 11.9 Å². The molecule has 178 valence electrons. The van der Waals surface area contributed by atoms with Gasteiger partial charge in [-0.1, -0.05) is 32.1 Å². The highest BCUT2D eigenvalue weighted by Crippen LogP contribution is 2.30. The molecule has 4 rings (SSSR count). The molecule has 1 aliphatic carbocycles. The summed E-state index contributed by atoms with van der Waals surface area (Å²) >= 11 is 1.30. The SMILES string of the molecule is O=C(Nc1nccs1)[C@H](CC1CCCCC1)N1CCN(S(=O)(=O)c2ccc(F)cc2)CC1=O. The molecule has 1 saturated carbocycles. The molecule has 11 heteroatoms. The number of amides is 2. The molecule has 1 N–H and O–H groups in total. The second-order valence-corrected chi connectivity index (χ2v) is 11.3. The number of nitrogens with one attached hydrogen (secondary N) is 1. The normalized spacial score (nSPS) is 19.4. The van der Waals surface area contributed by atoms with Crippen molar-refractivity contribution in [3.8, 4) is 0 Å². The summed E-state index contributed by atoms with van der Waals surface area (Å²) in [5.41, 5.74) is 0. The van der Waals surface area contributed by atoms with E-state index >= 15 is 0 Å². The average molecular weight is 495 g/mol. The molecule has 2 aliphatic rings. The van der Waals surface area contributed by atoms with Crippen LogP contribution in [0.1, 0.15) is 38.5 Å². The van der Waals surface area contributed by atoms with Crippen LogP contribution in [0.25, 0.3) is 0 Å². The van der Waals surface area contributed by atoms with Crippen molar-refractivity contribution in [3.05, 3.63) is 41.7 Å². The maximum atomic E-state index is 13.2. The molecule has 2 fully saturated rings. The molecule has 8 nitrogen and oxygen atoms in total. The van der Waals surface area contributed by atoms with E-state index in [1.54, 1.807) is 11.6 Å². The number of carbonyl (C=O) groups excluding carboxylic acids is 2. The van der Waals surface area contributed by atoms with Gasteiger partial charge in [-0.15, -0.1) is 11.3 Å². The molecule has 1 aromatic heterocycles. The number of thiazole rings is 1. The first kappa shape index (κ1) is 23.8. The molecule has 1 aromatic carbocycles. The van der Waals surface area contributed by atoms with E-state index in [4.69, 9.17) is 0 Å². The summed E-state index contributed by atoms with van der Waals surface area (Å²) in [7, 11) is -3.94. The van der Waals surface area contributed by atoms with Crippen LogP contribution < -0.4 is 5.32 Å². The molecule has 0 radical (unpaired) electrons. The minimum absolute atomic E-state index is 0.0644. The molecule has 2 amide bonds. The van der Waals surface area contributed by atoms with E-state index < -0.39 is 27.8 Å². The highest BCUT2D eigenvalue weighted by atomic mass is 32.2. The van der Waals surface area contributed by atoms with E-state index in [2.05, 4.69) is 10.3 Å². The molecule has 2 heterocycles. The molecule has 1 saturated heterocycles. The fraction of sp³-hybridized carbons (Fsp3) is 0.500. The Morgan fingerprint density at radius 1 is 1.18 bits per heavy atom. The van der Waals surface area contributed by atoms with Crippen molar-refractivity contribution in [3.63, 3.8) is 0 Å². The van der Waals surface area contributed by atoms with Crippen LogP contribution in [0.5, 0.6) is 0 Å². The van der Waals surface area contributed by atoms with Gasteiger partial charge in [-0.3, -0.25) is 9.59 Å². The van der Waals surface area contributed by atoms with Gasteiger partial charge in [0.25, 0.3) is 0 Å². The molecule has 1 atom stereocenters. The Bertz CT molecular complexity index is 1070. The van der Waals surface area contributed by atoms with Crippen molar-refractivity contribution in [1.82, 2.24) is 14.2 Å². The first-order valence-corrected chi connectivity index (χ1v) is 13.4. The summed E-state index contributed by atoms with van der Waals surface area (Å²) in [6.07, 6.45) is 7.61. The standard InChI is InChI=1S/C22H27FN4O4S2/c23-17-6-8-18(9-7-17)33(30,31)26-11-12-27(20(28)15-26)19(14-16-4-2-1-3-5-16)21(29)25-22-24-10-13-32-22/h6-10,13,16,19H,1-5,11-12,14-15H2,(H,24,25,29)/t19-/m0/s1. The molecule has 33 heavy (non-hydrogen) atoms. The van der Waals surface area contributed by atoms with Crippen LogP contribution in [0.3, 0.4) is 0 Å². The Morgan fingerprint density at radius 3 is 2.55 bits per heavy atom. The Kier molecular flexibility index (Phi) is 7.40. The topological polar surface area (TPSA) is 99.7 Å². The van der Waals surface area contributed by atoms with Gasteiger partial charge in [0, 0.05) is 24.7 Å². The number of anilines is 1. The number of hydrogen-bond donors (Lipinski definition) is 1. The third-order valence-corrected chi connectivity index (χ3v) is 8.84. The van der Waals surface area contributed by atoms with Gasteiger partial charge in [0.15, 0.2) is 5.13 Å². The van der Waals surface area contributed by atoms with E-state index in [0.717, 1.165) is 42.1 Å². The van der Waals surface area contributed by atoms with Crippen molar-refractivity contribution in [1.29, 1.82) is 0 Å². The lowest BCUT2D eigenvalue weighted by Gasteiger charge is -2.39. The Hall–Kier alpha value is -2.37. The predicted molar refractivity (Wildman–Crippen MR) is 123 cm³/mol. The van der Waals surface area contributed by atoms with Crippen LogP contribution in [-0.4, -0.2) is 60.1 Å². The van der Waals surface area contributed by atoms with Gasteiger partial charge in [-0.25, -0.2) is 17.8 Å². The second kappa shape index (κ2) is 10.3. The second-order valence-electron chi connectivity index (χ2n) is 8.46. The first-order chi connectivity index (χ1) is 15.8. The zero-order valence-electron chi connectivity index (χ0n) is 18.2. The molecular weight excluding hydrogens is 467 g/mol. The van der Waals surface area contributed by atoms with E-state index in [-0.39, 0.29) is 30.4 Å². The van der Waals surface area contributed by atoms with Gasteiger partial charge >= 0.3 is 0 Å². The van der Waals surface area contributed by atoms with Crippen LogP contribution in [0.2, 0.25) is 0 Å². The number of sulfonamides is 1. The van der Waals surface area contributed by atoms with Crippen LogP contribution in [-0.2, 0) is 19.6 Å². The van der Waals surface area contributed by atoms with Gasteiger partial charge in [-0.05, 0) is 36.6 Å². The van der Waals surface area contributed by atoms with Crippen molar-refractivity contribution in [2.75, 3.05) is 25.0 Å². The lowest BCUT2D eigenvalue weighted by atomic mass is 9.84. The number of halogens is 1. The maximum absolute atomic E-state index is 13.2. The number of piperazine rings is 1. The largest absolute Gasteiger partial charge is 0.328 e. The zero-order chi connectivity index (χ0) is 23.4. The van der Waals surface area contributed by atoms with Crippen LogP contribution in [0.15, 0.2) is 40.7 Å². The summed E-state index contributed by atoms with van der Waals surface area (Å²) in [6, 6.07) is 3.85. The van der Waals surface area contributed by atoms with Gasteiger partial charge in [0.05, 0.1) is 11.4 Å². The lowest BCUT2D eigenvalue weighted by molar-refractivity contribution is -0.142. The van der Waals surface area contributed by atoms with Crippen molar-refractivity contribution in [2.45, 2.75) is 49.5 Å². The smallest absolute Gasteiger partial charge is 0.248 e. The molecule has 1 aliphatic heterocycles. The van der Waals surface area contributed by atoms with Crippen LogP contribution in [0.4, 0.5) is 9.52 Å². The summed E-state index contributed by atoms with van der Waals surface area (Å²) < 4.78 is 40.2. The van der Waals surface area contributed by atoms with Crippen LogP contribution >= 0.6 is 11.3 Å². The highest BCUT2D eigenvalue weighted by molar-refractivity contribution is 7.89. The third kappa shape index (κ3) is 5.59. The van der Waals surface area contributed by atoms with Crippen molar-refractivity contribution in [2.24, 2.45) is 5.92 Å². The summed E-state index contributed by atoms with van der Waals surface area (Å²) in [6.45, 7) is -0.176. The number of aromatic nitrogens is 1. The quantitative estimate of drug-likeness (QED) is 0.638. The van der Waals surface area contributed by atoms with Gasteiger partial charge in [-0.2, -0.15) is 4.31 Å². The molecule has 0 spiro atoms. The molecule has 0 bridgehead atoms. The summed E-state index contributed by atoms with van der Waals surface area (Å²) in [5.74, 6) is -0.896. The van der Waals surface area contributed by atoms with Gasteiger partial charge < -0.3 is 10.2 Å². The Balaban J connectivity index is 1.49. The first-order valence-electron chi connectivity index (χ1n) is 11.1. The molecular formula is C22H27FN4O4S2. The van der Waals surface area contributed by atoms with E-state index in [1.165, 1.54) is 34.8 Å². The van der Waals surface area contributed by atoms with E-state index in [1.807, 2.05) is 0 Å². The number of carbonyl (C=O) groups is 2. The summed E-state index contributed by atoms with van der Waals surface area (Å²) in [5, 5.41) is 5.04. The van der Waals surface area contributed by atoms with Crippen molar-refractivity contribution >= 4 is 38.3 Å². The zero-order valence-corrected chi connectivity index (χ0v) is 19.8. The maximum Gasteiger partial charge on any atom is 0.248 e. The lowest BCUT2D eigenvalue weighted by Crippen LogP contribution is -2.58. The number of hydrogen-bond acceptors (Lipinski definition) is 6. The van der Waals surface area contributed by atoms with E-state index in [9.17, 15) is 22.4 Å². The van der Waals surface area contributed by atoms with E-state index in [0.29, 0.717) is 17.5 Å². The Labute approximate surface area is 196 Å². The molecule has 0 unspecified atom stereocenters. The number of rotatable bonds is 7. The average Bonchev–Trinajstić information content (AvgIpc) is 3.31. The minimum Gasteiger partial charge on any atom is -0.328 e. The number of benzene rings is 1. The number of nitrogens with zero attached hydrogens (tertiary/aromatic N) is 3. The minimum atomic E-state index is -3.94. The predicted octanol–water partition coefficient (Wildman–Crippen LogP) is 3.09. The fourth-order valence-corrected chi connectivity index (χ4v) is 6.46. The Morgan fingerprint density at radius 2 is 1.91 bits per heavy atom. The monoisotopic (exact) mass is 494 g/mol.